The third kappa shape index (κ3) is 4.59. The second-order valence-electron chi connectivity index (χ2n) is 8.00. The molecule has 0 radical (unpaired) electrons. The molecule has 0 spiro atoms. The zero-order valence-electron chi connectivity index (χ0n) is 17.3. The average molecular weight is 369 g/mol. The summed E-state index contributed by atoms with van der Waals surface area (Å²) < 4.78 is 1.86. The Morgan fingerprint density at radius 1 is 1.07 bits per heavy atom. The molecule has 0 N–H and O–H groups in total. The first-order valence-corrected chi connectivity index (χ1v) is 9.93. The molecule has 27 heavy (non-hydrogen) atoms. The van der Waals surface area contributed by atoms with Gasteiger partial charge in [-0.25, -0.2) is 0 Å². The molecule has 0 bridgehead atoms. The molecule has 0 saturated carbocycles. The molecule has 0 aliphatic carbocycles. The van der Waals surface area contributed by atoms with Crippen LogP contribution < -0.4 is 0 Å². The largest absolute Gasteiger partial charge is 0.340 e. The van der Waals surface area contributed by atoms with Crippen LogP contribution in [0.1, 0.15) is 47.8 Å². The molecule has 0 atom stereocenters. The molecule has 1 amide bonds. The Morgan fingerprint density at radius 2 is 1.70 bits per heavy atom. The average Bonchev–Trinajstić information content (AvgIpc) is 2.89. The van der Waals surface area contributed by atoms with Gasteiger partial charge in [0.15, 0.2) is 0 Å². The highest BCUT2D eigenvalue weighted by Gasteiger charge is 2.23. The van der Waals surface area contributed by atoms with Crippen LogP contribution >= 0.6 is 0 Å². The van der Waals surface area contributed by atoms with E-state index in [0.717, 1.165) is 49.7 Å². The highest BCUT2D eigenvalue weighted by molar-refractivity contribution is 5.79. The Balaban J connectivity index is 1.51. The van der Waals surface area contributed by atoms with Crippen molar-refractivity contribution in [2.45, 2.75) is 46.6 Å². The molecular formula is C22H32N4O. The Kier molecular flexibility index (Phi) is 6.00. The summed E-state index contributed by atoms with van der Waals surface area (Å²) >= 11 is 0. The molecule has 1 aromatic carbocycles. The molecular weight excluding hydrogens is 336 g/mol. The summed E-state index contributed by atoms with van der Waals surface area (Å²) in [4.78, 5) is 17.2. The first kappa shape index (κ1) is 19.6. The number of rotatable bonds is 5. The van der Waals surface area contributed by atoms with E-state index >= 15 is 0 Å². The van der Waals surface area contributed by atoms with Gasteiger partial charge in [-0.15, -0.1) is 0 Å². The van der Waals surface area contributed by atoms with Gasteiger partial charge in [0.05, 0.1) is 12.1 Å². The van der Waals surface area contributed by atoms with Gasteiger partial charge in [0.2, 0.25) is 5.91 Å². The Bertz CT molecular complexity index is 783. The lowest BCUT2D eigenvalue weighted by molar-refractivity contribution is -0.132. The summed E-state index contributed by atoms with van der Waals surface area (Å²) in [5.41, 5.74) is 5.86. The number of benzene rings is 1. The van der Waals surface area contributed by atoms with Gasteiger partial charge >= 0.3 is 0 Å². The summed E-state index contributed by atoms with van der Waals surface area (Å²) in [6.45, 7) is 12.9. The molecule has 1 aliphatic heterocycles. The number of carbonyl (C=O) groups is 1. The van der Waals surface area contributed by atoms with E-state index in [1.807, 2.05) is 30.5 Å². The first-order valence-electron chi connectivity index (χ1n) is 9.93. The fourth-order valence-electron chi connectivity index (χ4n) is 3.76. The van der Waals surface area contributed by atoms with E-state index in [1.54, 1.807) is 0 Å². The fourth-order valence-corrected chi connectivity index (χ4v) is 3.76. The molecule has 5 nitrogen and oxygen atoms in total. The Morgan fingerprint density at radius 3 is 2.22 bits per heavy atom. The minimum atomic E-state index is 0.218. The predicted molar refractivity (Wildman–Crippen MR) is 109 cm³/mol. The summed E-state index contributed by atoms with van der Waals surface area (Å²) in [5.74, 6) is 0.788. The molecule has 1 aromatic heterocycles. The molecule has 2 aromatic rings. The fraction of sp³-hybridized carbons (Fsp3) is 0.545. The van der Waals surface area contributed by atoms with Crippen molar-refractivity contribution >= 4 is 5.91 Å². The summed E-state index contributed by atoms with van der Waals surface area (Å²) in [7, 11) is 1.93. The van der Waals surface area contributed by atoms with Crippen LogP contribution in [0.4, 0.5) is 0 Å². The second-order valence-corrected chi connectivity index (χ2v) is 8.00. The molecule has 1 aliphatic rings. The minimum absolute atomic E-state index is 0.218. The molecule has 1 fully saturated rings. The highest BCUT2D eigenvalue weighted by atomic mass is 16.2. The van der Waals surface area contributed by atoms with Gasteiger partial charge < -0.3 is 4.90 Å². The van der Waals surface area contributed by atoms with E-state index in [2.05, 4.69) is 48.1 Å². The number of carbonyl (C=O) groups excluding carboxylic acids is 1. The summed E-state index contributed by atoms with van der Waals surface area (Å²) in [6.07, 6.45) is 0.460. The monoisotopic (exact) mass is 368 g/mol. The third-order valence-electron chi connectivity index (χ3n) is 5.76. The first-order chi connectivity index (χ1) is 12.8. The van der Waals surface area contributed by atoms with Gasteiger partial charge in [0, 0.05) is 51.0 Å². The SMILES string of the molecule is Cc1nn(C)c(C)c1CC(=O)N1CCN(Cc2ccc(C(C)C)cc2)CC1. The van der Waals surface area contributed by atoms with E-state index in [9.17, 15) is 4.79 Å². The molecule has 3 rings (SSSR count). The van der Waals surface area contributed by atoms with E-state index in [1.165, 1.54) is 11.1 Å². The van der Waals surface area contributed by atoms with Crippen molar-refractivity contribution in [3.63, 3.8) is 0 Å². The number of aryl methyl sites for hydroxylation is 2. The standard InChI is InChI=1S/C22H32N4O/c1-16(2)20-8-6-19(7-9-20)15-25-10-12-26(13-11-25)22(27)14-21-17(3)23-24(5)18(21)4/h6-9,16H,10-15H2,1-5H3. The van der Waals surface area contributed by atoms with Crippen molar-refractivity contribution in [3.05, 3.63) is 52.3 Å². The third-order valence-corrected chi connectivity index (χ3v) is 5.76. The number of hydrogen-bond acceptors (Lipinski definition) is 3. The van der Waals surface area contributed by atoms with Crippen LogP contribution in [0.3, 0.4) is 0 Å². The van der Waals surface area contributed by atoms with Crippen molar-refractivity contribution in [2.24, 2.45) is 7.05 Å². The van der Waals surface area contributed by atoms with Crippen LogP contribution in [0.5, 0.6) is 0 Å². The van der Waals surface area contributed by atoms with Gasteiger partial charge in [0.1, 0.15) is 0 Å². The van der Waals surface area contributed by atoms with Crippen LogP contribution in [-0.2, 0) is 24.8 Å². The van der Waals surface area contributed by atoms with E-state index in [0.29, 0.717) is 12.3 Å². The van der Waals surface area contributed by atoms with Crippen molar-refractivity contribution in [3.8, 4) is 0 Å². The van der Waals surface area contributed by atoms with Crippen LogP contribution in [0, 0.1) is 13.8 Å². The van der Waals surface area contributed by atoms with Crippen molar-refractivity contribution in [1.82, 2.24) is 19.6 Å². The van der Waals surface area contributed by atoms with E-state index in [-0.39, 0.29) is 5.91 Å². The highest BCUT2D eigenvalue weighted by Crippen LogP contribution is 2.17. The lowest BCUT2D eigenvalue weighted by Crippen LogP contribution is -2.48. The lowest BCUT2D eigenvalue weighted by atomic mass is 10.0. The maximum absolute atomic E-state index is 12.7. The van der Waals surface area contributed by atoms with Crippen molar-refractivity contribution in [1.29, 1.82) is 0 Å². The molecule has 2 heterocycles. The molecule has 0 unspecified atom stereocenters. The topological polar surface area (TPSA) is 41.4 Å². The Hall–Kier alpha value is -2.14. The number of amides is 1. The maximum atomic E-state index is 12.7. The van der Waals surface area contributed by atoms with Gasteiger partial charge in [0.25, 0.3) is 0 Å². The van der Waals surface area contributed by atoms with Crippen molar-refractivity contribution < 1.29 is 4.79 Å². The van der Waals surface area contributed by atoms with Gasteiger partial charge in [-0.1, -0.05) is 38.1 Å². The summed E-state index contributed by atoms with van der Waals surface area (Å²) in [5, 5.41) is 4.42. The van der Waals surface area contributed by atoms with Gasteiger partial charge in [-0.2, -0.15) is 5.10 Å². The normalized spacial score (nSPS) is 15.6. The van der Waals surface area contributed by atoms with Crippen molar-refractivity contribution in [2.75, 3.05) is 26.2 Å². The number of nitrogens with zero attached hydrogens (tertiary/aromatic N) is 4. The van der Waals surface area contributed by atoms with Crippen LogP contribution in [0.25, 0.3) is 0 Å². The smallest absolute Gasteiger partial charge is 0.227 e. The zero-order chi connectivity index (χ0) is 19.6. The lowest BCUT2D eigenvalue weighted by Gasteiger charge is -2.35. The van der Waals surface area contributed by atoms with Crippen LogP contribution in [-0.4, -0.2) is 51.7 Å². The number of hydrogen-bond donors (Lipinski definition) is 0. The quantitative estimate of drug-likeness (QED) is 0.814. The zero-order valence-corrected chi connectivity index (χ0v) is 17.3. The maximum Gasteiger partial charge on any atom is 0.227 e. The summed E-state index contributed by atoms with van der Waals surface area (Å²) in [6, 6.07) is 8.94. The minimum Gasteiger partial charge on any atom is -0.340 e. The molecule has 146 valence electrons. The molecule has 5 heteroatoms. The van der Waals surface area contributed by atoms with E-state index < -0.39 is 0 Å². The molecule has 1 saturated heterocycles. The van der Waals surface area contributed by atoms with Gasteiger partial charge in [-0.05, 0) is 30.9 Å². The number of piperazine rings is 1. The number of aromatic nitrogens is 2. The second kappa shape index (κ2) is 8.26. The van der Waals surface area contributed by atoms with Gasteiger partial charge in [-0.3, -0.25) is 14.4 Å². The van der Waals surface area contributed by atoms with Crippen LogP contribution in [0.2, 0.25) is 0 Å². The van der Waals surface area contributed by atoms with Crippen LogP contribution in [0.15, 0.2) is 24.3 Å². The predicted octanol–water partition coefficient (Wildman–Crippen LogP) is 3.05. The Labute approximate surface area is 163 Å². The van der Waals surface area contributed by atoms with E-state index in [4.69, 9.17) is 0 Å².